The highest BCUT2D eigenvalue weighted by molar-refractivity contribution is 7.89. The number of rotatable bonds is 5. The minimum absolute atomic E-state index is 0.101. The van der Waals surface area contributed by atoms with Crippen LogP contribution in [0.25, 0.3) is 0 Å². The molecule has 0 aliphatic carbocycles. The van der Waals surface area contributed by atoms with Gasteiger partial charge >= 0.3 is 0 Å². The molecule has 0 saturated carbocycles. The number of sulfonamides is 1. The monoisotopic (exact) mass is 298 g/mol. The second-order valence-corrected chi connectivity index (χ2v) is 6.62. The number of nitrogens with one attached hydrogen (secondary N) is 1. The summed E-state index contributed by atoms with van der Waals surface area (Å²) >= 11 is 0. The zero-order valence-corrected chi connectivity index (χ0v) is 12.8. The van der Waals surface area contributed by atoms with E-state index in [0.717, 1.165) is 5.56 Å². The fourth-order valence-electron chi connectivity index (χ4n) is 1.86. The Labute approximate surface area is 118 Å². The van der Waals surface area contributed by atoms with E-state index in [1.165, 1.54) is 17.5 Å². The number of hydrogen-bond donors (Lipinski definition) is 1. The average molecular weight is 298 g/mol. The van der Waals surface area contributed by atoms with E-state index in [1.54, 1.807) is 13.8 Å². The van der Waals surface area contributed by atoms with Crippen LogP contribution in [0, 0.1) is 13.8 Å². The number of hydrogen-bond acceptors (Lipinski definition) is 5. The predicted molar refractivity (Wildman–Crippen MR) is 72.6 cm³/mol. The predicted octanol–water partition coefficient (Wildman–Crippen LogP) is 1.40. The lowest BCUT2D eigenvalue weighted by molar-refractivity contribution is 0.390. The third-order valence-electron chi connectivity index (χ3n) is 3.19. The largest absolute Gasteiger partial charge is 0.361 e. The summed E-state index contributed by atoms with van der Waals surface area (Å²) < 4.78 is 31.1. The molecule has 0 aromatic carbocycles. The Balaban J connectivity index is 2.25. The van der Waals surface area contributed by atoms with Crippen LogP contribution in [0.5, 0.6) is 0 Å². The van der Waals surface area contributed by atoms with E-state index >= 15 is 0 Å². The molecule has 0 unspecified atom stereocenters. The van der Waals surface area contributed by atoms with Crippen molar-refractivity contribution in [1.82, 2.24) is 19.4 Å². The molecule has 0 spiro atoms. The van der Waals surface area contributed by atoms with E-state index in [9.17, 15) is 8.42 Å². The van der Waals surface area contributed by atoms with Gasteiger partial charge in [0.2, 0.25) is 0 Å². The van der Waals surface area contributed by atoms with Crippen molar-refractivity contribution in [2.45, 2.75) is 38.8 Å². The minimum atomic E-state index is -3.59. The third kappa shape index (κ3) is 2.61. The van der Waals surface area contributed by atoms with Crippen molar-refractivity contribution in [3.8, 4) is 0 Å². The molecule has 8 heteroatoms. The number of nitrogens with zero attached hydrogens (tertiary/aromatic N) is 3. The van der Waals surface area contributed by atoms with Crippen LogP contribution in [0.1, 0.15) is 29.8 Å². The maximum Gasteiger partial charge on any atom is 0.260 e. The normalized spacial score (nSPS) is 12.2. The molecule has 2 heterocycles. The molecule has 2 rings (SSSR count). The number of H-pyrrole nitrogens is 1. The lowest BCUT2D eigenvalue weighted by Gasteiger charge is -2.15. The molecule has 0 bridgehead atoms. The van der Waals surface area contributed by atoms with Crippen molar-refractivity contribution in [2.75, 3.05) is 7.05 Å². The highest BCUT2D eigenvalue weighted by Crippen LogP contribution is 2.19. The molecular formula is C12H18N4O3S. The van der Waals surface area contributed by atoms with Gasteiger partial charge in [0.15, 0.2) is 5.03 Å². The van der Waals surface area contributed by atoms with Gasteiger partial charge in [0.05, 0.1) is 11.9 Å². The van der Waals surface area contributed by atoms with Crippen molar-refractivity contribution >= 4 is 10.0 Å². The quantitative estimate of drug-likeness (QED) is 0.900. The van der Waals surface area contributed by atoms with E-state index in [-0.39, 0.29) is 11.6 Å². The first-order chi connectivity index (χ1) is 9.36. The fourth-order valence-corrected chi connectivity index (χ4v) is 2.92. The summed E-state index contributed by atoms with van der Waals surface area (Å²) in [6, 6.07) is 0. The third-order valence-corrected chi connectivity index (χ3v) is 4.90. The van der Waals surface area contributed by atoms with Crippen molar-refractivity contribution in [2.24, 2.45) is 0 Å². The number of imidazole rings is 1. The van der Waals surface area contributed by atoms with Crippen molar-refractivity contribution in [1.29, 1.82) is 0 Å². The first-order valence-corrected chi connectivity index (χ1v) is 7.72. The van der Waals surface area contributed by atoms with Crippen LogP contribution < -0.4 is 0 Å². The first kappa shape index (κ1) is 14.7. The maximum absolute atomic E-state index is 12.4. The van der Waals surface area contributed by atoms with Gasteiger partial charge < -0.3 is 9.51 Å². The summed E-state index contributed by atoms with van der Waals surface area (Å²) in [7, 11) is -2.07. The van der Waals surface area contributed by atoms with E-state index in [0.29, 0.717) is 23.7 Å². The van der Waals surface area contributed by atoms with Gasteiger partial charge in [-0.05, 0) is 13.8 Å². The first-order valence-electron chi connectivity index (χ1n) is 6.28. The number of aryl methyl sites for hydroxylation is 3. The van der Waals surface area contributed by atoms with Gasteiger partial charge in [-0.2, -0.15) is 4.31 Å². The van der Waals surface area contributed by atoms with Crippen molar-refractivity contribution < 1.29 is 12.9 Å². The highest BCUT2D eigenvalue weighted by Gasteiger charge is 2.25. The summed E-state index contributed by atoms with van der Waals surface area (Å²) in [6.07, 6.45) is 2.00. The molecule has 0 saturated heterocycles. The Hall–Kier alpha value is -1.67. The lowest BCUT2D eigenvalue weighted by Crippen LogP contribution is -2.27. The molecule has 110 valence electrons. The van der Waals surface area contributed by atoms with Crippen molar-refractivity contribution in [3.63, 3.8) is 0 Å². The smallest absolute Gasteiger partial charge is 0.260 e. The highest BCUT2D eigenvalue weighted by atomic mass is 32.2. The zero-order valence-electron chi connectivity index (χ0n) is 12.0. The summed E-state index contributed by atoms with van der Waals surface area (Å²) in [4.78, 5) is 6.84. The van der Waals surface area contributed by atoms with Gasteiger partial charge in [0.25, 0.3) is 10.0 Å². The summed E-state index contributed by atoms with van der Waals surface area (Å²) in [6.45, 7) is 5.67. The topological polar surface area (TPSA) is 92.1 Å². The number of aromatic nitrogens is 3. The molecule has 0 atom stereocenters. The van der Waals surface area contributed by atoms with Gasteiger partial charge in [0.1, 0.15) is 11.6 Å². The van der Waals surface area contributed by atoms with Crippen LogP contribution in [-0.4, -0.2) is 34.9 Å². The molecule has 0 aliphatic heterocycles. The number of aromatic amines is 1. The van der Waals surface area contributed by atoms with Crippen LogP contribution in [-0.2, 0) is 23.0 Å². The molecule has 7 nitrogen and oxygen atoms in total. The molecule has 2 aromatic heterocycles. The van der Waals surface area contributed by atoms with Crippen LogP contribution in [0.4, 0.5) is 0 Å². The summed E-state index contributed by atoms with van der Waals surface area (Å²) in [5, 5.41) is 3.93. The van der Waals surface area contributed by atoms with Crippen LogP contribution >= 0.6 is 0 Å². The van der Waals surface area contributed by atoms with Gasteiger partial charge in [-0.3, -0.25) is 0 Å². The molecule has 2 aromatic rings. The van der Waals surface area contributed by atoms with Crippen LogP contribution in [0.2, 0.25) is 0 Å². The van der Waals surface area contributed by atoms with Gasteiger partial charge in [-0.1, -0.05) is 12.1 Å². The Bertz CT molecular complexity index is 683. The molecule has 1 N–H and O–H groups in total. The lowest BCUT2D eigenvalue weighted by atomic mass is 10.2. The van der Waals surface area contributed by atoms with Crippen molar-refractivity contribution in [3.05, 3.63) is 29.0 Å². The Kier molecular flexibility index (Phi) is 3.96. The minimum Gasteiger partial charge on any atom is -0.361 e. The molecule has 0 radical (unpaired) electrons. The average Bonchev–Trinajstić information content (AvgIpc) is 3.00. The Morgan fingerprint density at radius 2 is 2.10 bits per heavy atom. The summed E-state index contributed by atoms with van der Waals surface area (Å²) in [5.74, 6) is 1.28. The van der Waals surface area contributed by atoms with E-state index in [1.807, 2.05) is 6.92 Å². The van der Waals surface area contributed by atoms with Gasteiger partial charge in [-0.15, -0.1) is 0 Å². The van der Waals surface area contributed by atoms with E-state index in [4.69, 9.17) is 4.52 Å². The molecule has 0 aliphatic rings. The van der Waals surface area contributed by atoms with Crippen LogP contribution in [0.15, 0.2) is 15.7 Å². The Morgan fingerprint density at radius 1 is 1.40 bits per heavy atom. The summed E-state index contributed by atoms with van der Waals surface area (Å²) in [5.41, 5.74) is 1.48. The molecular weight excluding hydrogens is 280 g/mol. The van der Waals surface area contributed by atoms with Gasteiger partial charge in [-0.25, -0.2) is 13.4 Å². The second-order valence-electron chi connectivity index (χ2n) is 4.61. The Morgan fingerprint density at radius 3 is 2.60 bits per heavy atom. The van der Waals surface area contributed by atoms with E-state index in [2.05, 4.69) is 15.1 Å². The maximum atomic E-state index is 12.4. The van der Waals surface area contributed by atoms with Crippen LogP contribution in [0.3, 0.4) is 0 Å². The molecule has 0 fully saturated rings. The SMILES string of the molecule is CCc1ncc(S(=O)(=O)N(C)Cc2c(C)noc2C)[nH]1. The molecule has 0 amide bonds. The molecule has 20 heavy (non-hydrogen) atoms. The fraction of sp³-hybridized carbons (Fsp3) is 0.500. The van der Waals surface area contributed by atoms with Gasteiger partial charge in [0, 0.05) is 25.6 Å². The standard InChI is InChI=1S/C12H18N4O3S/c1-5-11-13-6-12(14-11)20(17,18)16(4)7-10-8(2)15-19-9(10)3/h6H,5,7H2,1-4H3,(H,13,14). The van der Waals surface area contributed by atoms with E-state index < -0.39 is 10.0 Å². The second kappa shape index (κ2) is 5.37. The zero-order chi connectivity index (χ0) is 14.9.